The number of anilines is 1. The van der Waals surface area contributed by atoms with Crippen LogP contribution in [0.4, 0.5) is 16.0 Å². The monoisotopic (exact) mass is 413 g/mol. The molecule has 3 aromatic heterocycles. The summed E-state index contributed by atoms with van der Waals surface area (Å²) in [7, 11) is 1.58. The molecule has 154 valence electrons. The number of pyridine rings is 3. The van der Waals surface area contributed by atoms with Crippen LogP contribution in [0.3, 0.4) is 0 Å². The molecule has 1 aliphatic rings. The fourth-order valence-electron chi connectivity index (χ4n) is 4.36. The van der Waals surface area contributed by atoms with Gasteiger partial charge in [-0.05, 0) is 18.2 Å². The van der Waals surface area contributed by atoms with Crippen LogP contribution < -0.4 is 10.5 Å². The lowest BCUT2D eigenvalue weighted by atomic mass is 9.77. The molecule has 0 spiro atoms. The number of hydrogen-bond acceptors (Lipinski definition) is 6. The Hall–Kier alpha value is -3.87. The minimum absolute atomic E-state index is 0.160. The number of aromatic nitrogens is 3. The van der Waals surface area contributed by atoms with E-state index in [2.05, 4.69) is 9.97 Å². The summed E-state index contributed by atoms with van der Waals surface area (Å²) in [6, 6.07) is 12.4. The summed E-state index contributed by atoms with van der Waals surface area (Å²) in [5.41, 5.74) is 9.04. The number of hydrogen-bond donors (Lipinski definition) is 1. The summed E-state index contributed by atoms with van der Waals surface area (Å²) >= 11 is 0. The van der Waals surface area contributed by atoms with E-state index in [1.807, 2.05) is 31.2 Å². The van der Waals surface area contributed by atoms with Crippen LogP contribution in [0.25, 0.3) is 10.8 Å². The van der Waals surface area contributed by atoms with Crippen molar-refractivity contribution < 1.29 is 9.13 Å². The third-order valence-corrected chi connectivity index (χ3v) is 5.80. The van der Waals surface area contributed by atoms with Crippen molar-refractivity contribution in [1.29, 1.82) is 0 Å². The van der Waals surface area contributed by atoms with Gasteiger partial charge in [0, 0.05) is 40.7 Å². The molecule has 0 bridgehead atoms. The van der Waals surface area contributed by atoms with Gasteiger partial charge >= 0.3 is 0 Å². The summed E-state index contributed by atoms with van der Waals surface area (Å²) in [5, 5.41) is 1.55. The van der Waals surface area contributed by atoms with E-state index in [1.165, 1.54) is 6.07 Å². The normalized spacial score (nSPS) is 17.8. The molecule has 0 radical (unpaired) electrons. The van der Waals surface area contributed by atoms with Gasteiger partial charge in [-0.3, -0.25) is 4.98 Å². The number of benzene rings is 1. The number of nitrogens with two attached hydrogens (primary N) is 1. The van der Waals surface area contributed by atoms with Crippen LogP contribution in [0.1, 0.15) is 29.7 Å². The van der Waals surface area contributed by atoms with Gasteiger partial charge in [-0.1, -0.05) is 31.2 Å². The number of rotatable bonds is 3. The zero-order chi connectivity index (χ0) is 21.5. The van der Waals surface area contributed by atoms with Gasteiger partial charge in [0.05, 0.1) is 30.1 Å². The summed E-state index contributed by atoms with van der Waals surface area (Å²) in [5.74, 6) is 0.819. The van der Waals surface area contributed by atoms with E-state index in [9.17, 15) is 4.39 Å². The molecule has 6 nitrogen and oxygen atoms in total. The second-order valence-corrected chi connectivity index (χ2v) is 7.49. The highest BCUT2D eigenvalue weighted by molar-refractivity contribution is 6.06. The van der Waals surface area contributed by atoms with Gasteiger partial charge in [-0.15, -0.1) is 0 Å². The van der Waals surface area contributed by atoms with Gasteiger partial charge in [0.15, 0.2) is 5.82 Å². The summed E-state index contributed by atoms with van der Waals surface area (Å²) < 4.78 is 20.2. The van der Waals surface area contributed by atoms with E-state index in [-0.39, 0.29) is 17.7 Å². The SMILES string of the molecule is COc1cnc(C2c3cccnc3N=C(c3ccccc3F)C2C)c2ccnc(N)c12. The van der Waals surface area contributed by atoms with Gasteiger partial charge in [0.2, 0.25) is 0 Å². The van der Waals surface area contributed by atoms with Crippen molar-refractivity contribution in [3.63, 3.8) is 0 Å². The maximum absolute atomic E-state index is 14.7. The van der Waals surface area contributed by atoms with Crippen LogP contribution >= 0.6 is 0 Å². The topological polar surface area (TPSA) is 86.3 Å². The molecule has 4 heterocycles. The average Bonchev–Trinajstić information content (AvgIpc) is 2.79. The van der Waals surface area contributed by atoms with Crippen LogP contribution in [0.2, 0.25) is 0 Å². The second kappa shape index (κ2) is 7.43. The standard InChI is InChI=1S/C24H20FN5O/c1-13-19(22-15-9-11-27-23(26)20(15)18(31-2)12-29-22)16-7-5-10-28-24(16)30-21(13)14-6-3-4-8-17(14)25/h3-13,19H,1-2H3,(H2,26,27). The molecule has 31 heavy (non-hydrogen) atoms. The first kappa shape index (κ1) is 19.1. The Labute approximate surface area is 178 Å². The van der Waals surface area contributed by atoms with Crippen LogP contribution in [-0.2, 0) is 0 Å². The molecule has 0 aliphatic carbocycles. The van der Waals surface area contributed by atoms with Crippen LogP contribution in [-0.4, -0.2) is 27.8 Å². The van der Waals surface area contributed by atoms with Crippen LogP contribution in [0.15, 0.2) is 66.0 Å². The van der Waals surface area contributed by atoms with Crippen molar-refractivity contribution in [3.05, 3.63) is 83.7 Å². The Bertz CT molecular complexity index is 1340. The summed E-state index contributed by atoms with van der Waals surface area (Å²) in [6.07, 6.45) is 5.01. The van der Waals surface area contributed by atoms with Gasteiger partial charge in [0.1, 0.15) is 17.4 Å². The Morgan fingerprint density at radius 3 is 2.65 bits per heavy atom. The Morgan fingerprint density at radius 2 is 1.84 bits per heavy atom. The minimum Gasteiger partial charge on any atom is -0.494 e. The van der Waals surface area contributed by atoms with E-state index < -0.39 is 0 Å². The fraction of sp³-hybridized carbons (Fsp3) is 0.167. The van der Waals surface area contributed by atoms with E-state index >= 15 is 0 Å². The van der Waals surface area contributed by atoms with Crippen molar-refractivity contribution in [2.45, 2.75) is 12.8 Å². The lowest BCUT2D eigenvalue weighted by Gasteiger charge is -2.31. The largest absolute Gasteiger partial charge is 0.494 e. The first-order valence-corrected chi connectivity index (χ1v) is 9.95. The summed E-state index contributed by atoms with van der Waals surface area (Å²) in [6.45, 7) is 2.04. The highest BCUT2D eigenvalue weighted by Crippen LogP contribution is 2.45. The van der Waals surface area contributed by atoms with Gasteiger partial charge < -0.3 is 10.5 Å². The smallest absolute Gasteiger partial charge is 0.155 e. The zero-order valence-corrected chi connectivity index (χ0v) is 17.1. The third kappa shape index (κ3) is 3.01. The average molecular weight is 413 g/mol. The fourth-order valence-corrected chi connectivity index (χ4v) is 4.36. The van der Waals surface area contributed by atoms with Gasteiger partial charge in [0.25, 0.3) is 0 Å². The van der Waals surface area contributed by atoms with Crippen LogP contribution in [0.5, 0.6) is 5.75 Å². The highest BCUT2D eigenvalue weighted by atomic mass is 19.1. The molecular formula is C24H20FN5O. The van der Waals surface area contributed by atoms with Gasteiger partial charge in [-0.25, -0.2) is 19.4 Å². The molecule has 2 atom stereocenters. The Kier molecular flexibility index (Phi) is 4.58. The maximum atomic E-state index is 14.7. The molecule has 2 unspecified atom stereocenters. The predicted molar refractivity (Wildman–Crippen MR) is 118 cm³/mol. The highest BCUT2D eigenvalue weighted by Gasteiger charge is 2.35. The lowest BCUT2D eigenvalue weighted by molar-refractivity contribution is 0.417. The number of nitrogen functional groups attached to an aromatic ring is 1. The first-order chi connectivity index (χ1) is 15.1. The Morgan fingerprint density at radius 1 is 1.00 bits per heavy atom. The van der Waals surface area contributed by atoms with Gasteiger partial charge in [-0.2, -0.15) is 0 Å². The maximum Gasteiger partial charge on any atom is 0.155 e. The minimum atomic E-state index is -0.313. The number of fused-ring (bicyclic) bond motifs is 2. The van der Waals surface area contributed by atoms with Crippen molar-refractivity contribution in [2.24, 2.45) is 10.9 Å². The number of methoxy groups -OCH3 is 1. The van der Waals surface area contributed by atoms with E-state index in [0.717, 1.165) is 16.6 Å². The molecule has 5 rings (SSSR count). The molecular weight excluding hydrogens is 393 g/mol. The quantitative estimate of drug-likeness (QED) is 0.528. The van der Waals surface area contributed by atoms with E-state index in [0.29, 0.717) is 34.0 Å². The zero-order valence-electron chi connectivity index (χ0n) is 17.1. The molecule has 0 amide bonds. The van der Waals surface area contributed by atoms with Crippen LogP contribution in [0, 0.1) is 11.7 Å². The summed E-state index contributed by atoms with van der Waals surface area (Å²) in [4.78, 5) is 18.2. The molecule has 1 aromatic carbocycles. The molecule has 2 N–H and O–H groups in total. The van der Waals surface area contributed by atoms with Crippen molar-refractivity contribution >= 4 is 28.1 Å². The molecule has 0 fully saturated rings. The molecule has 0 saturated heterocycles. The lowest BCUT2D eigenvalue weighted by Crippen LogP contribution is -2.27. The van der Waals surface area contributed by atoms with Crippen molar-refractivity contribution in [3.8, 4) is 5.75 Å². The van der Waals surface area contributed by atoms with Crippen molar-refractivity contribution in [2.75, 3.05) is 12.8 Å². The number of aliphatic imine (C=N–C) groups is 1. The number of nitrogens with zero attached hydrogens (tertiary/aromatic N) is 4. The first-order valence-electron chi connectivity index (χ1n) is 9.95. The molecule has 7 heteroatoms. The molecule has 0 saturated carbocycles. The Balaban J connectivity index is 1.78. The molecule has 4 aromatic rings. The third-order valence-electron chi connectivity index (χ3n) is 5.80. The van der Waals surface area contributed by atoms with E-state index in [4.69, 9.17) is 20.4 Å². The number of halogens is 1. The molecule has 1 aliphatic heterocycles. The second-order valence-electron chi connectivity index (χ2n) is 7.49. The predicted octanol–water partition coefficient (Wildman–Crippen LogP) is 4.66. The van der Waals surface area contributed by atoms with E-state index in [1.54, 1.807) is 37.8 Å². The van der Waals surface area contributed by atoms with Crippen molar-refractivity contribution in [1.82, 2.24) is 15.0 Å². The number of ether oxygens (including phenoxy) is 1.